The van der Waals surface area contributed by atoms with Crippen LogP contribution in [0.2, 0.25) is 0 Å². The number of amides is 1. The molecule has 4 aliphatic carbocycles. The number of hydrogen-bond donors (Lipinski definition) is 6. The molecule has 8 unspecified atom stereocenters. The van der Waals surface area contributed by atoms with Gasteiger partial charge < -0.3 is 73.5 Å². The molecule has 0 radical (unpaired) electrons. The van der Waals surface area contributed by atoms with E-state index in [4.69, 9.17) is 47.7 Å². The van der Waals surface area contributed by atoms with Gasteiger partial charge in [0.25, 0.3) is 0 Å². The predicted molar refractivity (Wildman–Crippen MR) is 246 cm³/mol. The highest BCUT2D eigenvalue weighted by Crippen LogP contribution is 2.74. The lowest BCUT2D eigenvalue weighted by molar-refractivity contribution is -0.364. The van der Waals surface area contributed by atoms with Crippen molar-refractivity contribution in [3.63, 3.8) is 0 Å². The molecular weight excluding hydrogens is 947 g/mol. The van der Waals surface area contributed by atoms with Crippen LogP contribution in [0.25, 0.3) is 0 Å². The summed E-state index contributed by atoms with van der Waals surface area (Å²) < 4.78 is 52.2. The predicted octanol–water partition coefficient (Wildman–Crippen LogP) is 2.28. The number of carbonyl (C=O) groups is 6. The number of carbonyl (C=O) groups excluding carboxylic acids is 5. The molecule has 396 valence electrons. The van der Waals surface area contributed by atoms with E-state index in [1.165, 1.54) is 19.1 Å². The maximum absolute atomic E-state index is 15.3. The van der Waals surface area contributed by atoms with Crippen molar-refractivity contribution in [2.75, 3.05) is 46.2 Å². The molecule has 2 aromatic carbocycles. The molecule has 16 atom stereocenters. The zero-order valence-electron chi connectivity index (χ0n) is 41.4. The van der Waals surface area contributed by atoms with Gasteiger partial charge in [0.2, 0.25) is 0 Å². The fourth-order valence-corrected chi connectivity index (χ4v) is 12.2. The smallest absolute Gasteiger partial charge is 0.408 e. The largest absolute Gasteiger partial charge is 0.480 e. The Kier molecular flexibility index (Phi) is 16.2. The fraction of sp³-hybridized carbons (Fsp3) is 0.647. The van der Waals surface area contributed by atoms with E-state index in [0.29, 0.717) is 5.56 Å². The molecule has 72 heavy (non-hydrogen) atoms. The molecule has 1 saturated heterocycles. The van der Waals surface area contributed by atoms with E-state index in [9.17, 15) is 39.6 Å². The van der Waals surface area contributed by atoms with Gasteiger partial charge >= 0.3 is 30.0 Å². The molecule has 6 N–H and O–H groups in total. The van der Waals surface area contributed by atoms with E-state index >= 15 is 9.59 Å². The van der Waals surface area contributed by atoms with Gasteiger partial charge in [0.1, 0.15) is 42.2 Å². The van der Waals surface area contributed by atoms with Crippen LogP contribution in [0.3, 0.4) is 0 Å². The van der Waals surface area contributed by atoms with Gasteiger partial charge in [0, 0.05) is 30.6 Å². The maximum atomic E-state index is 15.3. The Morgan fingerprint density at radius 1 is 0.903 bits per heavy atom. The number of carboxylic acids is 1. The number of nitrogens with one attached hydrogen (secondary N) is 1. The van der Waals surface area contributed by atoms with E-state index in [0.717, 1.165) is 6.92 Å². The first kappa shape index (κ1) is 54.7. The molecule has 5 fully saturated rings. The molecular formula is C51H67NO20. The number of rotatable bonds is 20. The van der Waals surface area contributed by atoms with Crippen LogP contribution in [0.15, 0.2) is 60.7 Å². The van der Waals surface area contributed by atoms with Crippen molar-refractivity contribution in [1.29, 1.82) is 0 Å². The minimum Gasteiger partial charge on any atom is -0.480 e. The van der Waals surface area contributed by atoms with Crippen LogP contribution in [0.1, 0.15) is 83.3 Å². The Hall–Kier alpha value is -5.10. The normalized spacial score (nSPS) is 34.7. The first-order valence-corrected chi connectivity index (χ1v) is 24.1. The summed E-state index contributed by atoms with van der Waals surface area (Å²) >= 11 is 0. The number of aliphatic hydroxyl groups is 4. The molecule has 4 saturated carbocycles. The highest BCUT2D eigenvalue weighted by Gasteiger charge is 2.85. The molecule has 21 heteroatoms. The molecule has 2 aromatic rings. The summed E-state index contributed by atoms with van der Waals surface area (Å²) in [6.07, 6.45) is -12.4. The number of esters is 3. The van der Waals surface area contributed by atoms with Crippen LogP contribution in [-0.4, -0.2) is 167 Å². The Labute approximate surface area is 416 Å². The number of benzene rings is 2. The lowest BCUT2D eigenvalue weighted by Gasteiger charge is -2.70. The van der Waals surface area contributed by atoms with Crippen molar-refractivity contribution in [3.05, 3.63) is 71.8 Å². The third-order valence-corrected chi connectivity index (χ3v) is 15.4. The van der Waals surface area contributed by atoms with Crippen LogP contribution in [-0.2, 0) is 61.8 Å². The average molecular weight is 1010 g/mol. The fourth-order valence-electron chi connectivity index (χ4n) is 12.2. The molecule has 1 aliphatic heterocycles. The monoisotopic (exact) mass is 1010 g/mol. The van der Waals surface area contributed by atoms with Gasteiger partial charge in [-0.1, -0.05) is 62.4 Å². The van der Waals surface area contributed by atoms with Crippen molar-refractivity contribution in [3.8, 4) is 0 Å². The van der Waals surface area contributed by atoms with Crippen molar-refractivity contribution < 1.29 is 96.9 Å². The van der Waals surface area contributed by atoms with Gasteiger partial charge in [-0.05, 0) is 57.7 Å². The number of Topliss-reactive ketones (excluding diaryl/α,β-unsaturated/α-hetero) is 1. The lowest BCUT2D eigenvalue weighted by atomic mass is 9.39. The van der Waals surface area contributed by atoms with Crippen LogP contribution < -0.4 is 5.32 Å². The second kappa shape index (κ2) is 21.4. The summed E-state index contributed by atoms with van der Waals surface area (Å²) in [6, 6.07) is 14.7. The van der Waals surface area contributed by atoms with E-state index in [2.05, 4.69) is 5.32 Å². The summed E-state index contributed by atoms with van der Waals surface area (Å²) in [4.78, 5) is 81.6. The topological polar surface area (TPSA) is 299 Å². The lowest BCUT2D eigenvalue weighted by Crippen LogP contribution is -2.84. The third-order valence-electron chi connectivity index (χ3n) is 15.4. The molecule has 5 aliphatic rings. The standard InChI is InChI=1S/C51H67NO20/c1-27-36-38(58)42(59)48(6)32(54)22-33-50(26-67-33,71-28(2)53)41(48)43(70-44(60)30-16-12-9-13-17-30)51(63)23-31(49(36,51)7)39(27)69-45(61)40(68-35(57)25-66-21-19-64-18-20-65-24-34(55)56)37(29-14-10-8-11-15-29)52-46(62)72-47(3,4)5/h8-17,27,31-33,35-41,43,54,57-58,63H,18-26H2,1-7H3,(H,52,62)(H,55,56)/t27?,31-,32?,33?,35?,36?,37+,38-,39-,40-,41+,43+,48?,49?,50+,51?/m0/s1. The average Bonchev–Trinajstić information content (AvgIpc) is 3.48. The number of aliphatic hydroxyl groups excluding tert-OH is 3. The number of fused-ring (bicyclic) bond motifs is 3. The van der Waals surface area contributed by atoms with Gasteiger partial charge in [0.05, 0.1) is 68.7 Å². The van der Waals surface area contributed by atoms with Crippen LogP contribution in [0.4, 0.5) is 4.79 Å². The van der Waals surface area contributed by atoms with Gasteiger partial charge in [-0.2, -0.15) is 0 Å². The zero-order valence-corrected chi connectivity index (χ0v) is 41.4. The Morgan fingerprint density at radius 3 is 2.12 bits per heavy atom. The number of ketones is 1. The van der Waals surface area contributed by atoms with E-state index < -0.39 is 149 Å². The highest BCUT2D eigenvalue weighted by atomic mass is 16.7. The molecule has 7 rings (SSSR count). The van der Waals surface area contributed by atoms with Crippen LogP contribution >= 0.6 is 0 Å². The first-order valence-electron chi connectivity index (χ1n) is 24.1. The second-order valence-corrected chi connectivity index (χ2v) is 20.8. The van der Waals surface area contributed by atoms with Crippen LogP contribution in [0.5, 0.6) is 0 Å². The van der Waals surface area contributed by atoms with Gasteiger partial charge in [-0.3, -0.25) is 9.59 Å². The SMILES string of the molecule is CC(=O)O[C@]12COC1CC(O)C1(C)C(=O)[C@@H](O)C3C(C)[C@H](OC(=O)[C@@H](OC(O)COCCOCCOCC(=O)O)[C@H](NC(=O)OC(C)(C)C)c4ccccc4)[C@@H]4CC(O)([C@H](OC(=O)c5ccccc5)[C@H]12)C34C. The maximum Gasteiger partial charge on any atom is 0.408 e. The summed E-state index contributed by atoms with van der Waals surface area (Å²) in [5, 5.41) is 60.7. The van der Waals surface area contributed by atoms with E-state index in [1.807, 2.05) is 0 Å². The molecule has 0 spiro atoms. The zero-order chi connectivity index (χ0) is 52.6. The van der Waals surface area contributed by atoms with Gasteiger partial charge in [0.15, 0.2) is 23.8 Å². The number of hydrogen-bond acceptors (Lipinski definition) is 19. The Balaban J connectivity index is 1.23. The third kappa shape index (κ3) is 10.2. The molecule has 1 heterocycles. The number of ether oxygens (including phenoxy) is 9. The number of carboxylic acid groups (broad SMARTS) is 1. The minimum absolute atomic E-state index is 0.0141. The van der Waals surface area contributed by atoms with Crippen molar-refractivity contribution >= 4 is 35.8 Å². The van der Waals surface area contributed by atoms with Crippen LogP contribution in [0, 0.1) is 34.5 Å². The summed E-state index contributed by atoms with van der Waals surface area (Å²) in [6.45, 7) is 9.51. The van der Waals surface area contributed by atoms with Gasteiger partial charge in [-0.25, -0.2) is 19.2 Å². The first-order chi connectivity index (χ1) is 33.9. The second-order valence-electron chi connectivity index (χ2n) is 20.8. The van der Waals surface area contributed by atoms with Crippen molar-refractivity contribution in [1.82, 2.24) is 5.32 Å². The van der Waals surface area contributed by atoms with Crippen molar-refractivity contribution in [2.45, 2.75) is 127 Å². The Morgan fingerprint density at radius 2 is 1.53 bits per heavy atom. The van der Waals surface area contributed by atoms with E-state index in [1.54, 1.807) is 83.1 Å². The summed E-state index contributed by atoms with van der Waals surface area (Å²) in [7, 11) is 0. The summed E-state index contributed by atoms with van der Waals surface area (Å²) in [5.74, 6) is -9.25. The van der Waals surface area contributed by atoms with E-state index in [-0.39, 0.29) is 51.4 Å². The molecule has 1 amide bonds. The highest BCUT2D eigenvalue weighted by molar-refractivity contribution is 5.92. The molecule has 0 bridgehead atoms. The number of aliphatic carboxylic acids is 1. The minimum atomic E-state index is -2.15. The van der Waals surface area contributed by atoms with Crippen molar-refractivity contribution in [2.24, 2.45) is 34.5 Å². The molecule has 0 aromatic heterocycles. The quantitative estimate of drug-likeness (QED) is 0.0480. The number of alkyl carbamates (subject to hydrolysis) is 1. The Bertz CT molecular complexity index is 2290. The van der Waals surface area contributed by atoms with Gasteiger partial charge in [-0.15, -0.1) is 0 Å². The molecule has 21 nitrogen and oxygen atoms in total. The summed E-state index contributed by atoms with van der Waals surface area (Å²) in [5.41, 5.74) is -8.03.